The first-order valence-corrected chi connectivity index (χ1v) is 12.9. The van der Waals surface area contributed by atoms with Crippen molar-refractivity contribution in [3.63, 3.8) is 0 Å². The summed E-state index contributed by atoms with van der Waals surface area (Å²) in [7, 11) is 1.62. The summed E-state index contributed by atoms with van der Waals surface area (Å²) < 4.78 is 19.5. The molecule has 0 spiro atoms. The Morgan fingerprint density at radius 3 is 2.48 bits per heavy atom. The number of pyridine rings is 1. The third kappa shape index (κ3) is 6.73. The number of ether oxygens (including phenoxy) is 1. The standard InChI is InChI=1S/C29H32FN5O5/c1-18-15-35(19(2)17-36)28(38)24-14-23(32-27(37)20-10-12-31-13-11-20)8-9-25(24)40-26(18)16-34(3)29(39)33-22-6-4-21(30)5-7-22/h4-14,18-19,26,36H,15-17H2,1-3H3,(H,32,37)(H,33,39)/t18-,19+,26+/m0/s1. The number of aliphatic hydroxyl groups excluding tert-OH is 1. The van der Waals surface area contributed by atoms with Gasteiger partial charge in [0.25, 0.3) is 11.8 Å². The van der Waals surface area contributed by atoms with Crippen LogP contribution in [0.2, 0.25) is 0 Å². The second kappa shape index (κ2) is 12.6. The van der Waals surface area contributed by atoms with Crippen LogP contribution in [-0.2, 0) is 0 Å². The van der Waals surface area contributed by atoms with Crippen LogP contribution in [0.25, 0.3) is 0 Å². The lowest BCUT2D eigenvalue weighted by atomic mass is 9.99. The predicted octanol–water partition coefficient (Wildman–Crippen LogP) is 3.86. The molecule has 11 heteroatoms. The van der Waals surface area contributed by atoms with Gasteiger partial charge in [0, 0.05) is 48.8 Å². The van der Waals surface area contributed by atoms with Crippen molar-refractivity contribution >= 4 is 29.2 Å². The van der Waals surface area contributed by atoms with Crippen LogP contribution in [0.5, 0.6) is 5.75 Å². The summed E-state index contributed by atoms with van der Waals surface area (Å²) in [6, 6.07) is 12.5. The lowest BCUT2D eigenvalue weighted by Crippen LogP contribution is -2.50. The fourth-order valence-electron chi connectivity index (χ4n) is 4.33. The van der Waals surface area contributed by atoms with Crippen LogP contribution in [0, 0.1) is 11.7 Å². The SMILES string of the molecule is C[C@H](CO)N1C[C@H](C)[C@@H](CN(C)C(=O)Nc2ccc(F)cc2)Oc2ccc(NC(=O)c3ccncc3)cc2C1=O. The van der Waals surface area contributed by atoms with Crippen molar-refractivity contribution in [2.45, 2.75) is 26.0 Å². The Kier molecular flexibility index (Phi) is 8.95. The van der Waals surface area contributed by atoms with Crippen molar-refractivity contribution in [1.82, 2.24) is 14.8 Å². The average Bonchev–Trinajstić information content (AvgIpc) is 2.96. The van der Waals surface area contributed by atoms with Gasteiger partial charge in [-0.25, -0.2) is 9.18 Å². The third-order valence-electron chi connectivity index (χ3n) is 6.76. The number of halogens is 1. The zero-order chi connectivity index (χ0) is 28.8. The molecular weight excluding hydrogens is 517 g/mol. The maximum Gasteiger partial charge on any atom is 0.321 e. The molecule has 40 heavy (non-hydrogen) atoms. The van der Waals surface area contributed by atoms with Crippen LogP contribution in [0.3, 0.4) is 0 Å². The molecule has 0 fully saturated rings. The molecule has 1 aliphatic heterocycles. The number of urea groups is 1. The summed E-state index contributed by atoms with van der Waals surface area (Å²) in [4.78, 5) is 46.1. The van der Waals surface area contributed by atoms with Gasteiger partial charge < -0.3 is 30.3 Å². The number of amides is 4. The number of hydrogen-bond acceptors (Lipinski definition) is 6. The van der Waals surface area contributed by atoms with E-state index >= 15 is 0 Å². The second-order valence-electron chi connectivity index (χ2n) is 9.84. The van der Waals surface area contributed by atoms with Crippen molar-refractivity contribution in [2.24, 2.45) is 5.92 Å². The number of fused-ring (bicyclic) bond motifs is 1. The number of likely N-dealkylation sites (N-methyl/N-ethyl adjacent to an activating group) is 1. The Labute approximate surface area is 231 Å². The molecule has 210 valence electrons. The Balaban J connectivity index is 1.58. The van der Waals surface area contributed by atoms with Gasteiger partial charge in [0.1, 0.15) is 17.7 Å². The third-order valence-corrected chi connectivity index (χ3v) is 6.76. The molecule has 3 aromatic rings. The summed E-state index contributed by atoms with van der Waals surface area (Å²) in [5.41, 5.74) is 1.49. The molecule has 3 atom stereocenters. The average molecular weight is 550 g/mol. The topological polar surface area (TPSA) is 124 Å². The molecule has 0 saturated carbocycles. The quantitative estimate of drug-likeness (QED) is 0.411. The highest BCUT2D eigenvalue weighted by molar-refractivity contribution is 6.05. The van der Waals surface area contributed by atoms with Gasteiger partial charge in [0.15, 0.2) is 0 Å². The van der Waals surface area contributed by atoms with Crippen molar-refractivity contribution in [1.29, 1.82) is 0 Å². The number of nitrogens with zero attached hydrogens (tertiary/aromatic N) is 3. The highest BCUT2D eigenvalue weighted by atomic mass is 19.1. The Hall–Kier alpha value is -4.51. The van der Waals surface area contributed by atoms with E-state index in [1.165, 1.54) is 41.6 Å². The van der Waals surface area contributed by atoms with Crippen LogP contribution < -0.4 is 15.4 Å². The minimum absolute atomic E-state index is 0.184. The molecule has 0 unspecified atom stereocenters. The van der Waals surface area contributed by atoms with Gasteiger partial charge >= 0.3 is 6.03 Å². The number of hydrogen-bond donors (Lipinski definition) is 3. The van der Waals surface area contributed by atoms with Gasteiger partial charge in [-0.05, 0) is 61.5 Å². The van der Waals surface area contributed by atoms with E-state index in [2.05, 4.69) is 15.6 Å². The van der Waals surface area contributed by atoms with E-state index in [1.54, 1.807) is 49.2 Å². The maximum absolute atomic E-state index is 13.6. The summed E-state index contributed by atoms with van der Waals surface area (Å²) in [6.07, 6.45) is 2.51. The summed E-state index contributed by atoms with van der Waals surface area (Å²) in [5.74, 6) is -1.02. The first-order valence-electron chi connectivity index (χ1n) is 12.9. The van der Waals surface area contributed by atoms with Crippen LogP contribution in [0.1, 0.15) is 34.6 Å². The molecule has 1 aromatic heterocycles. The van der Waals surface area contributed by atoms with Crippen LogP contribution in [-0.4, -0.2) is 76.6 Å². The number of aromatic nitrogens is 1. The first kappa shape index (κ1) is 28.5. The maximum atomic E-state index is 13.6. The molecule has 0 bridgehead atoms. The van der Waals surface area contributed by atoms with Crippen LogP contribution in [0.4, 0.5) is 20.6 Å². The van der Waals surface area contributed by atoms with Crippen LogP contribution in [0.15, 0.2) is 67.0 Å². The number of rotatable bonds is 7. The molecular formula is C29H32FN5O5. The van der Waals surface area contributed by atoms with Crippen molar-refractivity contribution in [3.05, 3.63) is 83.9 Å². The number of carbonyl (C=O) groups excluding carboxylic acids is 3. The fourth-order valence-corrected chi connectivity index (χ4v) is 4.33. The van der Waals surface area contributed by atoms with E-state index in [-0.39, 0.29) is 43.0 Å². The van der Waals surface area contributed by atoms with Gasteiger partial charge in [-0.1, -0.05) is 6.92 Å². The lowest BCUT2D eigenvalue weighted by Gasteiger charge is -2.38. The molecule has 2 aromatic carbocycles. The van der Waals surface area contributed by atoms with Crippen molar-refractivity contribution in [2.75, 3.05) is 37.4 Å². The normalized spacial score (nSPS) is 17.5. The predicted molar refractivity (Wildman–Crippen MR) is 148 cm³/mol. The van der Waals surface area contributed by atoms with E-state index in [4.69, 9.17) is 4.74 Å². The number of aliphatic hydroxyl groups is 1. The van der Waals surface area contributed by atoms with Gasteiger partial charge in [-0.15, -0.1) is 0 Å². The molecule has 4 rings (SSSR count). The molecule has 1 aliphatic rings. The molecule has 2 heterocycles. The minimum atomic E-state index is -0.513. The van der Waals surface area contributed by atoms with E-state index in [0.29, 0.717) is 22.7 Å². The monoisotopic (exact) mass is 549 g/mol. The molecule has 3 N–H and O–H groups in total. The van der Waals surface area contributed by atoms with Crippen molar-refractivity contribution < 1.29 is 28.6 Å². The number of carbonyl (C=O) groups is 3. The molecule has 0 radical (unpaired) electrons. The van der Waals surface area contributed by atoms with Gasteiger partial charge in [0.2, 0.25) is 0 Å². The van der Waals surface area contributed by atoms with E-state index in [0.717, 1.165) is 0 Å². The van der Waals surface area contributed by atoms with Gasteiger partial charge in [0.05, 0.1) is 24.8 Å². The largest absolute Gasteiger partial charge is 0.487 e. The summed E-state index contributed by atoms with van der Waals surface area (Å²) >= 11 is 0. The van der Waals surface area contributed by atoms with Crippen LogP contribution >= 0.6 is 0 Å². The zero-order valence-corrected chi connectivity index (χ0v) is 22.5. The van der Waals surface area contributed by atoms with Crippen molar-refractivity contribution in [3.8, 4) is 5.75 Å². The lowest BCUT2D eigenvalue weighted by molar-refractivity contribution is 0.0371. The Morgan fingerprint density at radius 1 is 1.12 bits per heavy atom. The number of nitrogens with one attached hydrogen (secondary N) is 2. The Morgan fingerprint density at radius 2 is 1.80 bits per heavy atom. The highest BCUT2D eigenvalue weighted by Crippen LogP contribution is 2.31. The molecule has 10 nitrogen and oxygen atoms in total. The van der Waals surface area contributed by atoms with Gasteiger partial charge in [-0.3, -0.25) is 14.6 Å². The molecule has 0 saturated heterocycles. The van der Waals surface area contributed by atoms with Gasteiger partial charge in [-0.2, -0.15) is 0 Å². The molecule has 4 amide bonds. The number of anilines is 2. The molecule has 0 aliphatic carbocycles. The zero-order valence-electron chi connectivity index (χ0n) is 22.5. The summed E-state index contributed by atoms with van der Waals surface area (Å²) in [6.45, 7) is 3.88. The van der Waals surface area contributed by atoms with E-state index < -0.39 is 24.0 Å². The summed E-state index contributed by atoms with van der Waals surface area (Å²) in [5, 5.41) is 15.4. The van der Waals surface area contributed by atoms with E-state index in [9.17, 15) is 23.9 Å². The fraction of sp³-hybridized carbons (Fsp3) is 0.310. The minimum Gasteiger partial charge on any atom is -0.487 e. The smallest absolute Gasteiger partial charge is 0.321 e. The highest BCUT2D eigenvalue weighted by Gasteiger charge is 2.34. The van der Waals surface area contributed by atoms with E-state index in [1.807, 2.05) is 6.92 Å². The Bertz CT molecular complexity index is 1350. The second-order valence-corrected chi connectivity index (χ2v) is 9.84. The first-order chi connectivity index (χ1) is 19.2. The number of benzene rings is 2.